The van der Waals surface area contributed by atoms with Gasteiger partial charge in [-0.3, -0.25) is 4.79 Å². The maximum atomic E-state index is 11.8. The summed E-state index contributed by atoms with van der Waals surface area (Å²) in [5, 5.41) is 6.62. The monoisotopic (exact) mass is 282 g/mol. The molecule has 0 aliphatic carbocycles. The number of halogens is 1. The zero-order valence-electron chi connectivity index (χ0n) is 11.0. The molecule has 1 saturated heterocycles. The van der Waals surface area contributed by atoms with Crippen LogP contribution < -0.4 is 10.6 Å². The second kappa shape index (κ2) is 6.89. The lowest BCUT2D eigenvalue weighted by Gasteiger charge is -2.22. The average Bonchev–Trinajstić information content (AvgIpc) is 2.42. The van der Waals surface area contributed by atoms with Crippen LogP contribution in [0.4, 0.5) is 5.69 Å². The Balaban J connectivity index is 1.83. The average molecular weight is 283 g/mol. The molecule has 1 amide bonds. The molecule has 0 saturated carbocycles. The van der Waals surface area contributed by atoms with Crippen molar-refractivity contribution in [1.82, 2.24) is 5.32 Å². The van der Waals surface area contributed by atoms with E-state index in [1.54, 1.807) is 6.07 Å². The highest BCUT2D eigenvalue weighted by atomic mass is 35.5. The van der Waals surface area contributed by atoms with Crippen LogP contribution in [0.25, 0.3) is 0 Å². The van der Waals surface area contributed by atoms with Gasteiger partial charge in [-0.1, -0.05) is 23.7 Å². The molecule has 0 radical (unpaired) electrons. The number of hydrogen-bond acceptors (Lipinski definition) is 3. The zero-order chi connectivity index (χ0) is 13.7. The van der Waals surface area contributed by atoms with Gasteiger partial charge in [0, 0.05) is 0 Å². The van der Waals surface area contributed by atoms with Crippen molar-refractivity contribution >= 4 is 23.2 Å². The maximum absolute atomic E-state index is 11.8. The van der Waals surface area contributed by atoms with Gasteiger partial charge in [0.25, 0.3) is 0 Å². The lowest BCUT2D eigenvalue weighted by atomic mass is 10.1. The third-order valence-corrected chi connectivity index (χ3v) is 3.54. The van der Waals surface area contributed by atoms with Crippen LogP contribution in [0.2, 0.25) is 5.02 Å². The van der Waals surface area contributed by atoms with Crippen LogP contribution in [-0.4, -0.2) is 31.7 Å². The molecular weight excluding hydrogens is 264 g/mol. The van der Waals surface area contributed by atoms with E-state index in [2.05, 4.69) is 10.6 Å². The van der Waals surface area contributed by atoms with E-state index in [0.29, 0.717) is 10.7 Å². The van der Waals surface area contributed by atoms with Crippen LogP contribution in [0.3, 0.4) is 0 Å². The van der Waals surface area contributed by atoms with Gasteiger partial charge in [0.15, 0.2) is 0 Å². The first-order valence-electron chi connectivity index (χ1n) is 6.54. The number of para-hydroxylation sites is 1. The molecule has 104 valence electrons. The van der Waals surface area contributed by atoms with E-state index in [9.17, 15) is 4.79 Å². The summed E-state index contributed by atoms with van der Waals surface area (Å²) < 4.78 is 5.60. The molecule has 19 heavy (non-hydrogen) atoms. The smallest absolute Gasteiger partial charge is 0.250 e. The Bertz CT molecular complexity index is 425. The summed E-state index contributed by atoms with van der Waals surface area (Å²) in [6, 6.07) is 5.53. The Morgan fingerprint density at radius 1 is 1.47 bits per heavy atom. The lowest BCUT2D eigenvalue weighted by molar-refractivity contribution is -0.123. The molecule has 1 aliphatic rings. The summed E-state index contributed by atoms with van der Waals surface area (Å²) in [6.45, 7) is 3.90. The van der Waals surface area contributed by atoms with Crippen LogP contribution in [-0.2, 0) is 9.53 Å². The van der Waals surface area contributed by atoms with Crippen LogP contribution in [0.1, 0.15) is 18.4 Å². The number of aryl methyl sites for hydroxylation is 1. The fourth-order valence-electron chi connectivity index (χ4n) is 2.12. The molecule has 2 N–H and O–H groups in total. The van der Waals surface area contributed by atoms with E-state index in [1.165, 1.54) is 0 Å². The van der Waals surface area contributed by atoms with Crippen LogP contribution >= 0.6 is 11.6 Å². The Labute approximate surface area is 118 Å². The van der Waals surface area contributed by atoms with E-state index >= 15 is 0 Å². The quantitative estimate of drug-likeness (QED) is 0.891. The molecule has 2 rings (SSSR count). The number of hydrogen-bond donors (Lipinski definition) is 2. The van der Waals surface area contributed by atoms with Gasteiger partial charge >= 0.3 is 0 Å². The van der Waals surface area contributed by atoms with Crippen LogP contribution in [0.5, 0.6) is 0 Å². The molecule has 0 aromatic heterocycles. The fraction of sp³-hybridized carbons (Fsp3) is 0.500. The maximum Gasteiger partial charge on any atom is 0.250 e. The van der Waals surface area contributed by atoms with Crippen molar-refractivity contribution in [3.63, 3.8) is 0 Å². The van der Waals surface area contributed by atoms with Gasteiger partial charge < -0.3 is 15.4 Å². The van der Waals surface area contributed by atoms with E-state index < -0.39 is 0 Å². The molecule has 5 heteroatoms. The van der Waals surface area contributed by atoms with Gasteiger partial charge in [0.1, 0.15) is 6.61 Å². The van der Waals surface area contributed by atoms with Crippen molar-refractivity contribution in [2.75, 3.05) is 25.0 Å². The number of carbonyl (C=O) groups excluding carboxylic acids is 1. The molecule has 1 aromatic rings. The number of rotatable bonds is 4. The second-order valence-electron chi connectivity index (χ2n) is 4.74. The molecular formula is C14H19ClN2O2. The number of carbonyl (C=O) groups is 1. The molecule has 1 heterocycles. The van der Waals surface area contributed by atoms with Gasteiger partial charge in [-0.25, -0.2) is 0 Å². The summed E-state index contributed by atoms with van der Waals surface area (Å²) in [4.78, 5) is 11.8. The van der Waals surface area contributed by atoms with Gasteiger partial charge in [0.05, 0.1) is 16.8 Å². The SMILES string of the molecule is Cc1cccc(Cl)c1NC(=O)COC1CCNCC1. The molecule has 0 spiro atoms. The molecule has 4 nitrogen and oxygen atoms in total. The predicted octanol–water partition coefficient (Wildman–Crippen LogP) is 2.36. The topological polar surface area (TPSA) is 50.4 Å². The molecule has 0 bridgehead atoms. The van der Waals surface area contributed by atoms with Crippen molar-refractivity contribution in [2.45, 2.75) is 25.9 Å². The zero-order valence-corrected chi connectivity index (χ0v) is 11.8. The van der Waals surface area contributed by atoms with Crippen LogP contribution in [0.15, 0.2) is 18.2 Å². The number of ether oxygens (including phenoxy) is 1. The number of nitrogens with one attached hydrogen (secondary N) is 2. The molecule has 0 atom stereocenters. The summed E-state index contributed by atoms with van der Waals surface area (Å²) in [6.07, 6.45) is 2.09. The Kier molecular flexibility index (Phi) is 5.19. The normalized spacial score (nSPS) is 16.3. The van der Waals surface area contributed by atoms with E-state index in [0.717, 1.165) is 31.5 Å². The Hall–Kier alpha value is -1.10. The second-order valence-corrected chi connectivity index (χ2v) is 5.15. The highest BCUT2D eigenvalue weighted by Crippen LogP contribution is 2.25. The van der Waals surface area contributed by atoms with E-state index in [1.807, 2.05) is 19.1 Å². The molecule has 1 aromatic carbocycles. The highest BCUT2D eigenvalue weighted by Gasteiger charge is 2.15. The Morgan fingerprint density at radius 3 is 2.89 bits per heavy atom. The van der Waals surface area contributed by atoms with Gasteiger partial charge in [0.2, 0.25) is 5.91 Å². The van der Waals surface area contributed by atoms with Crippen molar-refractivity contribution in [2.24, 2.45) is 0 Å². The minimum atomic E-state index is -0.158. The number of amides is 1. The van der Waals surface area contributed by atoms with Gasteiger partial charge in [-0.05, 0) is 44.5 Å². The van der Waals surface area contributed by atoms with Crippen LogP contribution in [0, 0.1) is 6.92 Å². The summed E-state index contributed by atoms with van der Waals surface area (Å²) in [5.41, 5.74) is 1.62. The minimum absolute atomic E-state index is 0.0787. The first kappa shape index (κ1) is 14.3. The fourth-order valence-corrected chi connectivity index (χ4v) is 2.39. The first-order chi connectivity index (χ1) is 9.16. The number of anilines is 1. The largest absolute Gasteiger partial charge is 0.368 e. The van der Waals surface area contributed by atoms with E-state index in [4.69, 9.17) is 16.3 Å². The van der Waals surface area contributed by atoms with Crippen molar-refractivity contribution in [3.8, 4) is 0 Å². The summed E-state index contributed by atoms with van der Waals surface area (Å²) in [7, 11) is 0. The number of piperidine rings is 1. The van der Waals surface area contributed by atoms with Gasteiger partial charge in [-0.2, -0.15) is 0 Å². The third kappa shape index (κ3) is 4.20. The summed E-state index contributed by atoms with van der Waals surface area (Å²) in [5.74, 6) is -0.158. The Morgan fingerprint density at radius 2 is 2.21 bits per heavy atom. The van der Waals surface area contributed by atoms with Crippen molar-refractivity contribution in [3.05, 3.63) is 28.8 Å². The van der Waals surface area contributed by atoms with Crippen molar-refractivity contribution < 1.29 is 9.53 Å². The standard InChI is InChI=1S/C14H19ClN2O2/c1-10-3-2-4-12(15)14(10)17-13(18)9-19-11-5-7-16-8-6-11/h2-4,11,16H,5-9H2,1H3,(H,17,18). The number of benzene rings is 1. The lowest BCUT2D eigenvalue weighted by Crippen LogP contribution is -2.34. The summed E-state index contributed by atoms with van der Waals surface area (Å²) >= 11 is 6.06. The van der Waals surface area contributed by atoms with Crippen molar-refractivity contribution in [1.29, 1.82) is 0 Å². The molecule has 1 fully saturated rings. The minimum Gasteiger partial charge on any atom is -0.368 e. The first-order valence-corrected chi connectivity index (χ1v) is 6.92. The molecule has 0 unspecified atom stereocenters. The highest BCUT2D eigenvalue weighted by molar-refractivity contribution is 6.33. The predicted molar refractivity (Wildman–Crippen MR) is 76.7 cm³/mol. The van der Waals surface area contributed by atoms with Gasteiger partial charge in [-0.15, -0.1) is 0 Å². The third-order valence-electron chi connectivity index (χ3n) is 3.22. The molecule has 1 aliphatic heterocycles. The van der Waals surface area contributed by atoms with E-state index in [-0.39, 0.29) is 18.6 Å².